The third kappa shape index (κ3) is 2.32. The van der Waals surface area contributed by atoms with Crippen LogP contribution in [0.4, 0.5) is 0 Å². The van der Waals surface area contributed by atoms with E-state index in [0.717, 1.165) is 0 Å². The lowest BCUT2D eigenvalue weighted by molar-refractivity contribution is -0.154. The molecule has 0 saturated heterocycles. The van der Waals surface area contributed by atoms with E-state index in [0.29, 0.717) is 19.3 Å². The highest BCUT2D eigenvalue weighted by atomic mass is 28.4. The molecule has 3 unspecified atom stereocenters. The molecule has 21 heavy (non-hydrogen) atoms. The average Bonchev–Trinajstić information content (AvgIpc) is 2.82. The highest BCUT2D eigenvalue weighted by Gasteiger charge is 2.68. The van der Waals surface area contributed by atoms with E-state index in [1.54, 1.807) is 0 Å². The van der Waals surface area contributed by atoms with Gasteiger partial charge in [0.2, 0.25) is 0 Å². The smallest absolute Gasteiger partial charge is 0.312 e. The van der Waals surface area contributed by atoms with Gasteiger partial charge in [0.1, 0.15) is 0 Å². The van der Waals surface area contributed by atoms with E-state index in [4.69, 9.17) is 4.43 Å². The van der Waals surface area contributed by atoms with Crippen molar-refractivity contribution < 1.29 is 24.2 Å². The molecule has 2 rings (SSSR count). The molecule has 2 N–H and O–H groups in total. The van der Waals surface area contributed by atoms with Gasteiger partial charge in [-0.15, -0.1) is 0 Å². The van der Waals surface area contributed by atoms with Crippen molar-refractivity contribution in [3.63, 3.8) is 0 Å². The first kappa shape index (κ1) is 16.5. The van der Waals surface area contributed by atoms with Crippen molar-refractivity contribution in [3.05, 3.63) is 0 Å². The quantitative estimate of drug-likeness (QED) is 0.779. The number of fused-ring (bicyclic) bond motifs is 2. The van der Waals surface area contributed by atoms with E-state index in [-0.39, 0.29) is 11.5 Å². The maximum Gasteiger partial charge on any atom is 0.312 e. The van der Waals surface area contributed by atoms with E-state index in [1.807, 2.05) is 0 Å². The fraction of sp³-hybridized carbons (Fsp3) is 0.867. The summed E-state index contributed by atoms with van der Waals surface area (Å²) in [4.78, 5) is 23.5. The lowest BCUT2D eigenvalue weighted by atomic mass is 9.80. The Morgan fingerprint density at radius 1 is 1.14 bits per heavy atom. The van der Waals surface area contributed by atoms with Crippen LogP contribution in [0.5, 0.6) is 0 Å². The number of aliphatic carboxylic acids is 2. The average molecular weight is 314 g/mol. The normalized spacial score (nSPS) is 36.0. The molecular formula is C15H26O5Si. The van der Waals surface area contributed by atoms with E-state index >= 15 is 0 Å². The van der Waals surface area contributed by atoms with E-state index in [9.17, 15) is 19.8 Å². The zero-order valence-electron chi connectivity index (χ0n) is 13.5. The van der Waals surface area contributed by atoms with Gasteiger partial charge < -0.3 is 14.6 Å². The zero-order chi connectivity index (χ0) is 16.3. The molecule has 0 spiro atoms. The molecule has 3 atom stereocenters. The van der Waals surface area contributed by atoms with Crippen molar-refractivity contribution in [3.8, 4) is 0 Å². The number of hydrogen-bond donors (Lipinski definition) is 2. The van der Waals surface area contributed by atoms with Crippen molar-refractivity contribution in [1.82, 2.24) is 0 Å². The summed E-state index contributed by atoms with van der Waals surface area (Å²) in [7, 11) is -2.12. The lowest BCUT2D eigenvalue weighted by Gasteiger charge is -2.43. The van der Waals surface area contributed by atoms with Crippen molar-refractivity contribution in [2.24, 2.45) is 10.8 Å². The van der Waals surface area contributed by atoms with Crippen LogP contribution in [0.1, 0.15) is 46.5 Å². The zero-order valence-corrected chi connectivity index (χ0v) is 14.5. The van der Waals surface area contributed by atoms with Crippen LogP contribution in [0.25, 0.3) is 0 Å². The molecule has 0 amide bonds. The van der Waals surface area contributed by atoms with Crippen LogP contribution < -0.4 is 0 Å². The molecule has 0 aliphatic heterocycles. The van der Waals surface area contributed by atoms with E-state index < -0.39 is 37.2 Å². The number of hydrogen-bond acceptors (Lipinski definition) is 3. The van der Waals surface area contributed by atoms with Crippen LogP contribution in [0, 0.1) is 10.8 Å². The van der Waals surface area contributed by atoms with Crippen LogP contribution in [-0.2, 0) is 14.0 Å². The Morgan fingerprint density at radius 3 is 2.14 bits per heavy atom. The van der Waals surface area contributed by atoms with Gasteiger partial charge in [-0.2, -0.15) is 0 Å². The Bertz CT molecular complexity index is 481. The minimum atomic E-state index is -2.12. The standard InChI is InChI=1S/C15H26O5Si/c1-13(2,3)21(4,5)20-10-8-14(11(16)17)6-7-15(10,9-14)12(18)19/h10H,6-9H2,1-5H3,(H,16,17)(H,18,19). The first-order valence-corrected chi connectivity index (χ1v) is 10.4. The summed E-state index contributed by atoms with van der Waals surface area (Å²) in [5, 5.41) is 19.2. The van der Waals surface area contributed by atoms with Gasteiger partial charge in [-0.1, -0.05) is 20.8 Å². The predicted molar refractivity (Wildman–Crippen MR) is 80.7 cm³/mol. The number of carbonyl (C=O) groups is 2. The molecule has 2 aliphatic rings. The third-order valence-electron chi connectivity index (χ3n) is 6.02. The molecule has 5 nitrogen and oxygen atoms in total. The Labute approximate surface area is 126 Å². The molecule has 2 fully saturated rings. The molecule has 2 saturated carbocycles. The summed E-state index contributed by atoms with van der Waals surface area (Å²) < 4.78 is 6.33. The van der Waals surface area contributed by atoms with Gasteiger partial charge in [0.25, 0.3) is 0 Å². The van der Waals surface area contributed by atoms with Gasteiger partial charge in [0.05, 0.1) is 16.9 Å². The maximum atomic E-state index is 11.8. The van der Waals surface area contributed by atoms with Gasteiger partial charge in [-0.05, 0) is 43.8 Å². The Hall–Kier alpha value is -0.883. The summed E-state index contributed by atoms with van der Waals surface area (Å²) in [5.41, 5.74) is -1.90. The molecule has 0 aromatic rings. The molecule has 0 aromatic heterocycles. The maximum absolute atomic E-state index is 11.8. The van der Waals surface area contributed by atoms with Crippen molar-refractivity contribution in [2.45, 2.75) is 70.7 Å². The molecule has 2 bridgehead atoms. The SMILES string of the molecule is CC(C)(C)[Si](C)(C)OC1CC2(C(=O)O)CCC1(C(=O)O)C2. The number of rotatable bonds is 4. The Kier molecular flexibility index (Phi) is 3.58. The van der Waals surface area contributed by atoms with Crippen molar-refractivity contribution in [1.29, 1.82) is 0 Å². The molecule has 0 radical (unpaired) electrons. The van der Waals surface area contributed by atoms with Gasteiger partial charge in [0, 0.05) is 0 Å². The van der Waals surface area contributed by atoms with Crippen LogP contribution in [0.15, 0.2) is 0 Å². The van der Waals surface area contributed by atoms with Gasteiger partial charge >= 0.3 is 11.9 Å². The first-order chi connectivity index (χ1) is 9.36. The Balaban J connectivity index is 2.32. The Morgan fingerprint density at radius 2 is 1.71 bits per heavy atom. The lowest BCUT2D eigenvalue weighted by Crippen LogP contribution is -2.50. The summed E-state index contributed by atoms with van der Waals surface area (Å²) in [6.07, 6.45) is 0.936. The van der Waals surface area contributed by atoms with Crippen LogP contribution in [0.2, 0.25) is 18.1 Å². The molecular weight excluding hydrogens is 288 g/mol. The van der Waals surface area contributed by atoms with Crippen molar-refractivity contribution >= 4 is 20.3 Å². The molecule has 120 valence electrons. The van der Waals surface area contributed by atoms with Crippen LogP contribution in [-0.4, -0.2) is 36.6 Å². The monoisotopic (exact) mass is 314 g/mol. The van der Waals surface area contributed by atoms with Gasteiger partial charge in [0.15, 0.2) is 8.32 Å². The fourth-order valence-electron chi connectivity index (χ4n) is 3.52. The first-order valence-electron chi connectivity index (χ1n) is 7.51. The highest BCUT2D eigenvalue weighted by Crippen LogP contribution is 2.63. The third-order valence-corrected chi connectivity index (χ3v) is 10.5. The summed E-state index contributed by atoms with van der Waals surface area (Å²) in [6.45, 7) is 10.5. The summed E-state index contributed by atoms with van der Waals surface area (Å²) in [5.74, 6) is -1.77. The molecule has 2 aliphatic carbocycles. The molecule has 0 aromatic carbocycles. The number of carboxylic acids is 2. The molecule has 0 heterocycles. The summed E-state index contributed by atoms with van der Waals surface area (Å²) >= 11 is 0. The van der Waals surface area contributed by atoms with Crippen molar-refractivity contribution in [2.75, 3.05) is 0 Å². The van der Waals surface area contributed by atoms with Crippen LogP contribution in [0.3, 0.4) is 0 Å². The summed E-state index contributed by atoms with van der Waals surface area (Å²) in [6, 6.07) is 0. The van der Waals surface area contributed by atoms with E-state index in [1.165, 1.54) is 0 Å². The largest absolute Gasteiger partial charge is 0.481 e. The highest BCUT2D eigenvalue weighted by molar-refractivity contribution is 6.74. The predicted octanol–water partition coefficient (Wildman–Crippen LogP) is 3.11. The topological polar surface area (TPSA) is 83.8 Å². The number of carboxylic acid groups (broad SMARTS) is 2. The fourth-order valence-corrected chi connectivity index (χ4v) is 4.89. The minimum absolute atomic E-state index is 0.0229. The minimum Gasteiger partial charge on any atom is -0.481 e. The second kappa shape index (κ2) is 4.55. The van der Waals surface area contributed by atoms with Gasteiger partial charge in [-0.3, -0.25) is 9.59 Å². The molecule has 6 heteroatoms. The van der Waals surface area contributed by atoms with Gasteiger partial charge in [-0.25, -0.2) is 0 Å². The second-order valence-electron chi connectivity index (χ2n) is 8.29. The second-order valence-corrected chi connectivity index (χ2v) is 13.1. The van der Waals surface area contributed by atoms with Crippen LogP contribution >= 0.6 is 0 Å². The van der Waals surface area contributed by atoms with E-state index in [2.05, 4.69) is 33.9 Å².